The van der Waals surface area contributed by atoms with Crippen molar-refractivity contribution in [2.24, 2.45) is 0 Å². The molecule has 0 saturated carbocycles. The maximum absolute atomic E-state index is 9.00. The molecule has 0 fully saturated rings. The van der Waals surface area contributed by atoms with Gasteiger partial charge in [0.05, 0.1) is 0 Å². The van der Waals surface area contributed by atoms with Crippen LogP contribution < -0.4 is 0 Å². The minimum atomic E-state index is -0.833. The molecule has 80 valence electrons. The number of rotatable bonds is 0. The van der Waals surface area contributed by atoms with Crippen LogP contribution in [-0.4, -0.2) is 29.1 Å². The first-order chi connectivity index (χ1) is 5.56. The molecule has 0 unspecified atom stereocenters. The van der Waals surface area contributed by atoms with Gasteiger partial charge in [-0.15, -0.1) is 13.2 Å². The van der Waals surface area contributed by atoms with Gasteiger partial charge in [0.2, 0.25) is 0 Å². The molecule has 0 saturated heterocycles. The molecule has 0 aliphatic carbocycles. The smallest absolute Gasteiger partial charge is 0.300 e. The number of carboxylic acids is 1. The Morgan fingerprint density at radius 2 is 1.46 bits per heavy atom. The summed E-state index contributed by atoms with van der Waals surface area (Å²) in [5.41, 5.74) is 0. The largest absolute Gasteiger partial charge is 0.481 e. The van der Waals surface area contributed by atoms with Gasteiger partial charge in [-0.1, -0.05) is 0 Å². The Kier molecular flexibility index (Phi) is 164. The monoisotopic (exact) mass is 194 g/mol. The SMILES string of the molecule is C=C.CC(=O)O.CC=O.CCO.[O]. The highest BCUT2D eigenvalue weighted by Crippen LogP contribution is 1.42. The summed E-state index contributed by atoms with van der Waals surface area (Å²) in [6.07, 6.45) is 0.750. The summed E-state index contributed by atoms with van der Waals surface area (Å²) in [6.45, 7) is 10.5. The molecule has 0 aromatic rings. The maximum Gasteiger partial charge on any atom is 0.300 e. The van der Waals surface area contributed by atoms with Gasteiger partial charge in [-0.25, -0.2) is 0 Å². The molecule has 0 rings (SSSR count). The number of aliphatic hydroxyl groups excluding tert-OH is 1. The number of aliphatic hydroxyl groups is 1. The second kappa shape index (κ2) is 71.8. The van der Waals surface area contributed by atoms with Crippen LogP contribution in [0.5, 0.6) is 0 Å². The molecule has 0 bridgehead atoms. The third-order valence-electron chi connectivity index (χ3n) is 0. The second-order valence-electron chi connectivity index (χ2n) is 1.07. The summed E-state index contributed by atoms with van der Waals surface area (Å²) in [4.78, 5) is 17.8. The summed E-state index contributed by atoms with van der Waals surface area (Å²) in [7, 11) is 0. The summed E-state index contributed by atoms with van der Waals surface area (Å²) in [5.74, 6) is -0.833. The van der Waals surface area contributed by atoms with Crippen LogP contribution >= 0.6 is 0 Å². The lowest BCUT2D eigenvalue weighted by molar-refractivity contribution is -0.134. The Morgan fingerprint density at radius 1 is 1.46 bits per heavy atom. The van der Waals surface area contributed by atoms with Crippen LogP contribution in [0, 0.1) is 0 Å². The van der Waals surface area contributed by atoms with Crippen LogP contribution in [0.4, 0.5) is 0 Å². The molecule has 0 aliphatic rings. The van der Waals surface area contributed by atoms with Crippen LogP contribution in [-0.2, 0) is 15.1 Å². The molecule has 0 aromatic heterocycles. The molecular formula is C8H18O5. The van der Waals surface area contributed by atoms with Crippen molar-refractivity contribution in [1.82, 2.24) is 0 Å². The predicted molar refractivity (Wildman–Crippen MR) is 49.7 cm³/mol. The number of hydrogen-bond donors (Lipinski definition) is 2. The Morgan fingerprint density at radius 3 is 1.46 bits per heavy atom. The van der Waals surface area contributed by atoms with Crippen molar-refractivity contribution in [2.75, 3.05) is 6.61 Å². The summed E-state index contributed by atoms with van der Waals surface area (Å²) in [6, 6.07) is 0. The van der Waals surface area contributed by atoms with Gasteiger partial charge in [0.15, 0.2) is 0 Å². The fraction of sp³-hybridized carbons (Fsp3) is 0.500. The molecule has 13 heavy (non-hydrogen) atoms. The third kappa shape index (κ3) is 581. The van der Waals surface area contributed by atoms with E-state index in [-0.39, 0.29) is 12.1 Å². The van der Waals surface area contributed by atoms with Gasteiger partial charge in [0.1, 0.15) is 6.29 Å². The van der Waals surface area contributed by atoms with E-state index in [1.807, 2.05) is 0 Å². The van der Waals surface area contributed by atoms with Crippen molar-refractivity contribution in [1.29, 1.82) is 0 Å². The average Bonchev–Trinajstić information content (AvgIpc) is 1.92. The summed E-state index contributed by atoms with van der Waals surface area (Å²) in [5, 5.41) is 15.0. The van der Waals surface area contributed by atoms with Crippen LogP contribution in [0.1, 0.15) is 20.8 Å². The lowest BCUT2D eigenvalue weighted by Crippen LogP contribution is -1.78. The second-order valence-corrected chi connectivity index (χ2v) is 1.07. The first-order valence-electron chi connectivity index (χ1n) is 3.26. The van der Waals surface area contributed by atoms with Crippen LogP contribution in [0.15, 0.2) is 13.2 Å². The van der Waals surface area contributed by atoms with Crippen molar-refractivity contribution >= 4 is 12.3 Å². The number of aliphatic carboxylic acids is 1. The fourth-order valence-electron chi connectivity index (χ4n) is 0. The molecule has 0 heterocycles. The molecule has 0 aromatic carbocycles. The van der Waals surface area contributed by atoms with E-state index in [1.165, 1.54) is 6.92 Å². The van der Waals surface area contributed by atoms with E-state index in [0.29, 0.717) is 0 Å². The zero-order valence-electron chi connectivity index (χ0n) is 8.32. The average molecular weight is 194 g/mol. The van der Waals surface area contributed by atoms with Gasteiger partial charge in [-0.3, -0.25) is 4.79 Å². The molecule has 0 spiro atoms. The van der Waals surface area contributed by atoms with Gasteiger partial charge in [-0.05, 0) is 13.8 Å². The number of aldehydes is 1. The third-order valence-corrected chi connectivity index (χ3v) is 0. The summed E-state index contributed by atoms with van der Waals surface area (Å²) < 4.78 is 0. The van der Waals surface area contributed by atoms with E-state index >= 15 is 0 Å². The zero-order valence-corrected chi connectivity index (χ0v) is 8.32. The quantitative estimate of drug-likeness (QED) is 0.443. The molecule has 2 radical (unpaired) electrons. The van der Waals surface area contributed by atoms with Gasteiger partial charge >= 0.3 is 0 Å². The predicted octanol–water partition coefficient (Wildman–Crippen LogP) is 0.978. The van der Waals surface area contributed by atoms with E-state index < -0.39 is 5.97 Å². The van der Waals surface area contributed by atoms with Crippen molar-refractivity contribution in [3.8, 4) is 0 Å². The lowest BCUT2D eigenvalue weighted by Gasteiger charge is -1.59. The van der Waals surface area contributed by atoms with Crippen molar-refractivity contribution in [2.45, 2.75) is 20.8 Å². The van der Waals surface area contributed by atoms with Crippen molar-refractivity contribution < 1.29 is 25.3 Å². The van der Waals surface area contributed by atoms with Crippen LogP contribution in [0.25, 0.3) is 0 Å². The van der Waals surface area contributed by atoms with Crippen molar-refractivity contribution in [3.05, 3.63) is 13.2 Å². The highest BCUT2D eigenvalue weighted by molar-refractivity contribution is 5.62. The van der Waals surface area contributed by atoms with E-state index in [9.17, 15) is 0 Å². The van der Waals surface area contributed by atoms with Gasteiger partial charge in [0, 0.05) is 19.0 Å². The maximum atomic E-state index is 9.00. The van der Waals surface area contributed by atoms with Crippen molar-refractivity contribution in [3.63, 3.8) is 0 Å². The van der Waals surface area contributed by atoms with Gasteiger partial charge in [0.25, 0.3) is 5.97 Å². The number of carboxylic acid groups (broad SMARTS) is 1. The minimum absolute atomic E-state index is 0. The highest BCUT2D eigenvalue weighted by Gasteiger charge is 1.65. The standard InChI is InChI=1S/C2H4O2.C2H6O.C2H4O.C2H4.O/c1-2(3)4;2*1-2-3;1-2;/h1H3,(H,3,4);3H,2H2,1H3;2H,1H3;1-2H2;. The lowest BCUT2D eigenvalue weighted by atomic mass is 10.9. The Labute approximate surface area is 79.0 Å². The van der Waals surface area contributed by atoms with Gasteiger partial charge < -0.3 is 15.0 Å². The van der Waals surface area contributed by atoms with Crippen LogP contribution in [0.2, 0.25) is 0 Å². The Hall–Kier alpha value is -1.20. The minimum Gasteiger partial charge on any atom is -0.481 e. The highest BCUT2D eigenvalue weighted by atomic mass is 16.4. The molecule has 0 aliphatic heterocycles. The molecule has 5 heteroatoms. The van der Waals surface area contributed by atoms with E-state index in [1.54, 1.807) is 6.92 Å². The normalized spacial score (nSPS) is 4.62. The number of hydrogen-bond acceptors (Lipinski definition) is 3. The fourth-order valence-corrected chi connectivity index (χ4v) is 0. The number of carbonyl (C=O) groups excluding carboxylic acids is 1. The Bertz CT molecular complexity index is 78.6. The van der Waals surface area contributed by atoms with Crippen LogP contribution in [0.3, 0.4) is 0 Å². The van der Waals surface area contributed by atoms with E-state index in [4.69, 9.17) is 19.8 Å². The Balaban J connectivity index is -0.0000000220. The number of carbonyl (C=O) groups is 2. The first-order valence-corrected chi connectivity index (χ1v) is 3.26. The van der Waals surface area contributed by atoms with E-state index in [2.05, 4.69) is 13.2 Å². The molecule has 2 N–H and O–H groups in total. The van der Waals surface area contributed by atoms with Gasteiger partial charge in [-0.2, -0.15) is 0 Å². The molecule has 5 nitrogen and oxygen atoms in total. The first kappa shape index (κ1) is 29.8. The summed E-state index contributed by atoms with van der Waals surface area (Å²) >= 11 is 0. The molecular weight excluding hydrogens is 176 g/mol. The molecule has 0 amide bonds. The molecule has 0 atom stereocenters. The topological polar surface area (TPSA) is 103 Å². The zero-order chi connectivity index (χ0) is 11.0. The van der Waals surface area contributed by atoms with E-state index in [0.717, 1.165) is 13.2 Å².